The second kappa shape index (κ2) is 8.30. The first-order chi connectivity index (χ1) is 14.5. The highest BCUT2D eigenvalue weighted by Crippen LogP contribution is 2.35. The molecule has 158 valence electrons. The predicted octanol–water partition coefficient (Wildman–Crippen LogP) is 1.92. The van der Waals surface area contributed by atoms with Crippen LogP contribution < -0.4 is 5.32 Å². The Kier molecular flexibility index (Phi) is 5.57. The lowest BCUT2D eigenvalue weighted by Crippen LogP contribution is -2.57. The number of H-pyrrole nitrogens is 1. The third kappa shape index (κ3) is 3.81. The zero-order chi connectivity index (χ0) is 21.3. The van der Waals surface area contributed by atoms with E-state index in [9.17, 15) is 18.8 Å². The van der Waals surface area contributed by atoms with Gasteiger partial charge in [-0.25, -0.2) is 4.39 Å². The SMILES string of the molecule is CC[C@H]1[C@@H](C(=O)NCc2ccc(F)cc2)C[C@H]2CN(C(=O)c3ccc[nH]3)CC(=O)N21. The van der Waals surface area contributed by atoms with E-state index < -0.39 is 0 Å². The van der Waals surface area contributed by atoms with Crippen LogP contribution in [0.3, 0.4) is 0 Å². The smallest absolute Gasteiger partial charge is 0.270 e. The largest absolute Gasteiger partial charge is 0.357 e. The molecule has 7 nitrogen and oxygen atoms in total. The fraction of sp³-hybridized carbons (Fsp3) is 0.409. The van der Waals surface area contributed by atoms with E-state index in [0.717, 1.165) is 5.56 Å². The van der Waals surface area contributed by atoms with Crippen LogP contribution in [-0.4, -0.2) is 57.7 Å². The molecule has 30 heavy (non-hydrogen) atoms. The maximum Gasteiger partial charge on any atom is 0.270 e. The Morgan fingerprint density at radius 2 is 2.00 bits per heavy atom. The lowest BCUT2D eigenvalue weighted by molar-refractivity contribution is -0.139. The predicted molar refractivity (Wildman–Crippen MR) is 108 cm³/mol. The van der Waals surface area contributed by atoms with Crippen LogP contribution in [0.2, 0.25) is 0 Å². The van der Waals surface area contributed by atoms with Crippen molar-refractivity contribution in [3.05, 3.63) is 59.7 Å². The number of carbonyl (C=O) groups is 3. The molecule has 2 N–H and O–H groups in total. The van der Waals surface area contributed by atoms with E-state index in [-0.39, 0.29) is 48.1 Å². The fourth-order valence-electron chi connectivity index (χ4n) is 4.62. The van der Waals surface area contributed by atoms with Gasteiger partial charge in [0.15, 0.2) is 0 Å². The van der Waals surface area contributed by atoms with Gasteiger partial charge in [0, 0.05) is 25.3 Å². The van der Waals surface area contributed by atoms with Crippen LogP contribution in [0.5, 0.6) is 0 Å². The van der Waals surface area contributed by atoms with Crippen molar-refractivity contribution in [3.8, 4) is 0 Å². The van der Waals surface area contributed by atoms with Crippen LogP contribution in [0.15, 0.2) is 42.6 Å². The van der Waals surface area contributed by atoms with Gasteiger partial charge in [0.2, 0.25) is 11.8 Å². The Hall–Kier alpha value is -3.16. The average Bonchev–Trinajstić information content (AvgIpc) is 3.40. The molecule has 0 spiro atoms. The molecule has 4 rings (SSSR count). The van der Waals surface area contributed by atoms with Crippen molar-refractivity contribution in [2.75, 3.05) is 13.1 Å². The molecule has 3 heterocycles. The molecule has 2 fully saturated rings. The number of aromatic nitrogens is 1. The number of hydrogen-bond acceptors (Lipinski definition) is 3. The van der Waals surface area contributed by atoms with Crippen molar-refractivity contribution in [1.82, 2.24) is 20.1 Å². The minimum atomic E-state index is -0.329. The molecular formula is C22H25FN4O3. The van der Waals surface area contributed by atoms with Crippen LogP contribution in [0.25, 0.3) is 0 Å². The summed E-state index contributed by atoms with van der Waals surface area (Å²) in [5.41, 5.74) is 1.27. The summed E-state index contributed by atoms with van der Waals surface area (Å²) in [4.78, 5) is 44.7. The molecule has 0 bridgehead atoms. The number of hydrogen-bond donors (Lipinski definition) is 2. The molecule has 3 amide bonds. The highest BCUT2D eigenvalue weighted by atomic mass is 19.1. The third-order valence-electron chi connectivity index (χ3n) is 6.04. The summed E-state index contributed by atoms with van der Waals surface area (Å²) in [5.74, 6) is -1.08. The number of rotatable bonds is 5. The second-order valence-corrected chi connectivity index (χ2v) is 7.89. The summed E-state index contributed by atoms with van der Waals surface area (Å²) in [6.45, 7) is 2.72. The third-order valence-corrected chi connectivity index (χ3v) is 6.04. The van der Waals surface area contributed by atoms with Crippen molar-refractivity contribution in [2.45, 2.75) is 38.4 Å². The van der Waals surface area contributed by atoms with Crippen molar-refractivity contribution >= 4 is 17.7 Å². The maximum absolute atomic E-state index is 13.1. The van der Waals surface area contributed by atoms with Gasteiger partial charge >= 0.3 is 0 Å². The average molecular weight is 412 g/mol. The van der Waals surface area contributed by atoms with E-state index in [1.807, 2.05) is 6.92 Å². The van der Waals surface area contributed by atoms with E-state index in [0.29, 0.717) is 31.6 Å². The monoisotopic (exact) mass is 412 g/mol. The molecule has 8 heteroatoms. The number of benzene rings is 1. The fourth-order valence-corrected chi connectivity index (χ4v) is 4.62. The number of aromatic amines is 1. The number of amides is 3. The topological polar surface area (TPSA) is 85.5 Å². The quantitative estimate of drug-likeness (QED) is 0.787. The van der Waals surface area contributed by atoms with Crippen molar-refractivity contribution in [3.63, 3.8) is 0 Å². The molecule has 0 aliphatic carbocycles. The molecule has 3 atom stereocenters. The molecular weight excluding hydrogens is 387 g/mol. The molecule has 1 aromatic carbocycles. The number of carbonyl (C=O) groups excluding carboxylic acids is 3. The number of piperazine rings is 1. The van der Waals surface area contributed by atoms with Gasteiger partial charge in [-0.05, 0) is 42.7 Å². The first kappa shape index (κ1) is 20.1. The number of halogens is 1. The van der Waals surface area contributed by atoms with Gasteiger partial charge in [-0.1, -0.05) is 19.1 Å². The van der Waals surface area contributed by atoms with Crippen LogP contribution in [0.1, 0.15) is 35.8 Å². The summed E-state index contributed by atoms with van der Waals surface area (Å²) in [5, 5.41) is 2.92. The lowest BCUT2D eigenvalue weighted by atomic mass is 9.96. The first-order valence-electron chi connectivity index (χ1n) is 10.2. The minimum Gasteiger partial charge on any atom is -0.357 e. The Balaban J connectivity index is 1.43. The van der Waals surface area contributed by atoms with Crippen molar-refractivity contribution < 1.29 is 18.8 Å². The molecule has 2 aliphatic rings. The Bertz CT molecular complexity index is 928. The summed E-state index contributed by atoms with van der Waals surface area (Å²) in [6.07, 6.45) is 2.87. The zero-order valence-corrected chi connectivity index (χ0v) is 16.8. The molecule has 2 aliphatic heterocycles. The lowest BCUT2D eigenvalue weighted by Gasteiger charge is -2.39. The normalized spacial score (nSPS) is 23.4. The van der Waals surface area contributed by atoms with E-state index in [4.69, 9.17) is 0 Å². The second-order valence-electron chi connectivity index (χ2n) is 7.89. The molecule has 2 aromatic rings. The summed E-state index contributed by atoms with van der Waals surface area (Å²) in [7, 11) is 0. The Morgan fingerprint density at radius 3 is 2.67 bits per heavy atom. The molecule has 2 saturated heterocycles. The summed E-state index contributed by atoms with van der Waals surface area (Å²) < 4.78 is 13.1. The molecule has 1 aromatic heterocycles. The summed E-state index contributed by atoms with van der Waals surface area (Å²) >= 11 is 0. The minimum absolute atomic E-state index is 0.0226. The molecule has 0 radical (unpaired) electrons. The summed E-state index contributed by atoms with van der Waals surface area (Å²) in [6, 6.07) is 9.08. The van der Waals surface area contributed by atoms with Gasteiger partial charge in [0.05, 0.1) is 12.0 Å². The standard InChI is InChI=1S/C22H25FN4O3/c1-2-19-17(21(29)25-11-14-5-7-15(23)8-6-14)10-16-12-26(13-20(28)27(16)19)22(30)18-4-3-9-24-18/h3-9,16-17,19,24H,2,10-13H2,1H3,(H,25,29)/t16-,17-,19-/m0/s1. The maximum atomic E-state index is 13.1. The van der Waals surface area contributed by atoms with Gasteiger partial charge in [0.25, 0.3) is 5.91 Å². The van der Waals surface area contributed by atoms with Gasteiger partial charge in [-0.3, -0.25) is 14.4 Å². The van der Waals surface area contributed by atoms with E-state index >= 15 is 0 Å². The number of nitrogens with zero attached hydrogens (tertiary/aromatic N) is 2. The molecule has 0 unspecified atom stereocenters. The number of nitrogens with one attached hydrogen (secondary N) is 2. The van der Waals surface area contributed by atoms with Crippen molar-refractivity contribution in [2.24, 2.45) is 5.92 Å². The van der Waals surface area contributed by atoms with Gasteiger partial charge in [-0.2, -0.15) is 0 Å². The van der Waals surface area contributed by atoms with Crippen LogP contribution in [0.4, 0.5) is 4.39 Å². The Morgan fingerprint density at radius 1 is 1.23 bits per heavy atom. The van der Waals surface area contributed by atoms with Crippen LogP contribution in [0, 0.1) is 11.7 Å². The van der Waals surface area contributed by atoms with E-state index in [2.05, 4.69) is 10.3 Å². The van der Waals surface area contributed by atoms with Gasteiger partial charge in [0.1, 0.15) is 18.1 Å². The highest BCUT2D eigenvalue weighted by Gasteiger charge is 2.49. The highest BCUT2D eigenvalue weighted by molar-refractivity contribution is 5.96. The van der Waals surface area contributed by atoms with E-state index in [1.165, 1.54) is 12.1 Å². The van der Waals surface area contributed by atoms with Gasteiger partial charge in [-0.15, -0.1) is 0 Å². The zero-order valence-electron chi connectivity index (χ0n) is 16.8. The van der Waals surface area contributed by atoms with Crippen LogP contribution >= 0.6 is 0 Å². The van der Waals surface area contributed by atoms with Crippen molar-refractivity contribution in [1.29, 1.82) is 0 Å². The van der Waals surface area contributed by atoms with E-state index in [1.54, 1.807) is 40.3 Å². The first-order valence-corrected chi connectivity index (χ1v) is 10.2. The van der Waals surface area contributed by atoms with Crippen LogP contribution in [-0.2, 0) is 16.1 Å². The van der Waals surface area contributed by atoms with Gasteiger partial charge < -0.3 is 20.1 Å². The number of fused-ring (bicyclic) bond motifs is 1. The Labute approximate surface area is 174 Å². The molecule has 0 saturated carbocycles.